The second-order valence-corrected chi connectivity index (χ2v) is 8.77. The Morgan fingerprint density at radius 3 is 1.95 bits per heavy atom. The first-order chi connectivity index (χ1) is 19.1. The molecule has 0 saturated heterocycles. The van der Waals surface area contributed by atoms with E-state index in [1.165, 1.54) is 11.1 Å². The quantitative estimate of drug-likeness (QED) is 0.170. The zero-order chi connectivity index (χ0) is 26.9. The number of hydrogen-bond donors (Lipinski definition) is 0. The van der Waals surface area contributed by atoms with Gasteiger partial charge in [-0.25, -0.2) is 0 Å². The molecule has 6 aromatic rings. The number of hydrogen-bond acceptors (Lipinski definition) is 2. The summed E-state index contributed by atoms with van der Waals surface area (Å²) in [4.78, 5) is 8.72. The molecular weight excluding hydrogens is 653 g/mol. The zero-order valence-electron chi connectivity index (χ0n) is 22.6. The van der Waals surface area contributed by atoms with Crippen molar-refractivity contribution in [2.75, 3.05) is 0 Å². The summed E-state index contributed by atoms with van der Waals surface area (Å²) in [6.45, 7) is 1.91. The summed E-state index contributed by atoms with van der Waals surface area (Å²) in [7, 11) is 0. The average molecular weight is 682 g/mol. The van der Waals surface area contributed by atoms with E-state index < -0.39 is 5.89 Å². The van der Waals surface area contributed by atoms with E-state index in [2.05, 4.69) is 40.3 Å². The fourth-order valence-corrected chi connectivity index (χ4v) is 4.13. The fourth-order valence-electron chi connectivity index (χ4n) is 4.13. The van der Waals surface area contributed by atoms with Crippen LogP contribution < -0.4 is 0 Å². The minimum atomic E-state index is -0.777. The molecule has 1 atom stereocenters. The molecule has 0 amide bonds. The molecule has 0 aliphatic carbocycles. The van der Waals surface area contributed by atoms with Gasteiger partial charge in [0.05, 0.1) is 0 Å². The monoisotopic (exact) mass is 682 g/mol. The Balaban J connectivity index is 0.000000182. The molecule has 1 radical (unpaired) electrons. The van der Waals surface area contributed by atoms with Crippen LogP contribution in [0.25, 0.3) is 33.6 Å². The predicted molar refractivity (Wildman–Crippen MR) is 156 cm³/mol. The van der Waals surface area contributed by atoms with Gasteiger partial charge >= 0.3 is 0 Å². The number of benzene rings is 4. The van der Waals surface area contributed by atoms with Gasteiger partial charge in [0.15, 0.2) is 0 Å². The van der Waals surface area contributed by atoms with Crippen LogP contribution in [0.1, 0.15) is 25.3 Å². The molecule has 0 bridgehead atoms. The van der Waals surface area contributed by atoms with Crippen molar-refractivity contribution in [1.29, 1.82) is 0 Å². The zero-order valence-corrected chi connectivity index (χ0v) is 24.0. The molecule has 2 aromatic heterocycles. The first-order valence-corrected chi connectivity index (χ1v) is 12.6. The Bertz CT molecular complexity index is 1540. The topological polar surface area (TPSA) is 25.8 Å². The summed E-state index contributed by atoms with van der Waals surface area (Å²) >= 11 is 0. The molecule has 6 rings (SSSR count). The van der Waals surface area contributed by atoms with Gasteiger partial charge in [0.1, 0.15) is 0 Å². The number of pyridine rings is 2. The van der Waals surface area contributed by atoms with Crippen LogP contribution >= 0.6 is 0 Å². The molecule has 0 fully saturated rings. The Labute approximate surface area is 246 Å². The van der Waals surface area contributed by atoms with Crippen molar-refractivity contribution >= 4 is 0 Å². The Kier molecular flexibility index (Phi) is 9.57. The Morgan fingerprint density at radius 1 is 0.590 bits per heavy atom. The number of nitrogens with zero attached hydrogens (tertiary/aromatic N) is 2. The third-order valence-corrected chi connectivity index (χ3v) is 6.25. The van der Waals surface area contributed by atoms with Gasteiger partial charge in [-0.2, -0.15) is 0 Å². The minimum Gasteiger partial charge on any atom is -0.305 e. The van der Waals surface area contributed by atoms with E-state index in [1.54, 1.807) is 6.20 Å². The van der Waals surface area contributed by atoms with Crippen LogP contribution in [-0.4, -0.2) is 9.97 Å². The molecule has 0 aliphatic heterocycles. The molecule has 0 aliphatic rings. The van der Waals surface area contributed by atoms with Gasteiger partial charge in [0.25, 0.3) is 0 Å². The van der Waals surface area contributed by atoms with Crippen molar-refractivity contribution in [3.05, 3.63) is 169 Å². The van der Waals surface area contributed by atoms with Gasteiger partial charge in [0.2, 0.25) is 0 Å². The Morgan fingerprint density at radius 2 is 1.28 bits per heavy atom. The third kappa shape index (κ3) is 7.45. The second-order valence-electron chi connectivity index (χ2n) is 8.77. The minimum absolute atomic E-state index is 0. The van der Waals surface area contributed by atoms with Crippen LogP contribution in [0.15, 0.2) is 146 Å². The summed E-state index contributed by atoms with van der Waals surface area (Å²) < 4.78 is 8.65. The van der Waals surface area contributed by atoms with Crippen molar-refractivity contribution in [3.63, 3.8) is 0 Å². The van der Waals surface area contributed by atoms with E-state index in [4.69, 9.17) is 1.37 Å². The van der Waals surface area contributed by atoms with Gasteiger partial charge in [-0.15, -0.1) is 71.3 Å². The summed E-state index contributed by atoms with van der Waals surface area (Å²) in [5.74, 6) is -0.777. The third-order valence-electron chi connectivity index (χ3n) is 6.25. The molecule has 0 saturated carbocycles. The smallest absolute Gasteiger partial charge is 0.0297 e. The van der Waals surface area contributed by atoms with Crippen LogP contribution in [0.4, 0.5) is 0 Å². The summed E-state index contributed by atoms with van der Waals surface area (Å²) in [6, 6.07) is 50.4. The summed E-state index contributed by atoms with van der Waals surface area (Å²) in [5, 5.41) is 0. The molecule has 4 aromatic carbocycles. The maximum absolute atomic E-state index is 8.65. The Hall–Kier alpha value is -4.17. The molecule has 0 spiro atoms. The first kappa shape index (κ1) is 26.4. The molecule has 2 heterocycles. The molecular formula is C36H28IrN2-2. The van der Waals surface area contributed by atoms with Crippen LogP contribution in [0.3, 0.4) is 0 Å². The van der Waals surface area contributed by atoms with E-state index >= 15 is 0 Å². The largest absolute Gasteiger partial charge is 0.305 e. The van der Waals surface area contributed by atoms with Crippen LogP contribution in [-0.2, 0) is 20.1 Å². The van der Waals surface area contributed by atoms with Gasteiger partial charge in [-0.3, -0.25) is 0 Å². The summed E-state index contributed by atoms with van der Waals surface area (Å²) in [5.41, 5.74) is 8.11. The van der Waals surface area contributed by atoms with Gasteiger partial charge in [0, 0.05) is 33.9 Å². The maximum Gasteiger partial charge on any atom is 0.0297 e. The van der Waals surface area contributed by atoms with Gasteiger partial charge in [-0.05, 0) is 46.1 Å². The SMILES string of the molecule is [2H]C(C)(c1c[c-]c(-c2ccccn2)cc1)c1ccccc1.[Ir].[c-]1ccccc1-c1cc(-c2ccccc2)ccn1. The standard InChI is InChI=1S/C19H16N.C17H12N.Ir/c1-15(16-7-3-2-4-8-16)17-10-12-18(13-11-17)19-9-5-6-14-20-19;1-3-7-14(8-4-1)16-11-12-18-17(13-16)15-9-5-2-6-10-15;/h2-12,14-15H,1H3;1-9,11-13H;/q2*-1;/i15D;;. The summed E-state index contributed by atoms with van der Waals surface area (Å²) in [6.07, 6.45) is 3.62. The van der Waals surface area contributed by atoms with Crippen molar-refractivity contribution < 1.29 is 21.5 Å². The van der Waals surface area contributed by atoms with E-state index in [1.807, 2.05) is 128 Å². The van der Waals surface area contributed by atoms with Crippen molar-refractivity contribution in [1.82, 2.24) is 9.97 Å². The van der Waals surface area contributed by atoms with Crippen LogP contribution in [0, 0.1) is 12.1 Å². The van der Waals surface area contributed by atoms with Crippen molar-refractivity contribution in [3.8, 4) is 33.6 Å². The van der Waals surface area contributed by atoms with Crippen LogP contribution in [0.5, 0.6) is 0 Å². The molecule has 193 valence electrons. The average Bonchev–Trinajstić information content (AvgIpc) is 3.03. The number of rotatable bonds is 5. The number of aromatic nitrogens is 2. The molecule has 1 unspecified atom stereocenters. The molecule has 39 heavy (non-hydrogen) atoms. The fraction of sp³-hybridized carbons (Fsp3) is 0.0556. The molecule has 0 N–H and O–H groups in total. The van der Waals surface area contributed by atoms with E-state index in [0.29, 0.717) is 0 Å². The van der Waals surface area contributed by atoms with E-state index in [0.717, 1.165) is 33.6 Å². The van der Waals surface area contributed by atoms with Crippen molar-refractivity contribution in [2.24, 2.45) is 0 Å². The van der Waals surface area contributed by atoms with E-state index in [-0.39, 0.29) is 20.1 Å². The van der Waals surface area contributed by atoms with Gasteiger partial charge < -0.3 is 9.97 Å². The molecule has 3 heteroatoms. The normalized spacial score (nSPS) is 12.1. The first-order valence-electron chi connectivity index (χ1n) is 13.1. The predicted octanol–water partition coefficient (Wildman–Crippen LogP) is 8.91. The second kappa shape index (κ2) is 14.1. The van der Waals surface area contributed by atoms with E-state index in [9.17, 15) is 0 Å². The maximum atomic E-state index is 8.65. The molecule has 2 nitrogen and oxygen atoms in total. The van der Waals surface area contributed by atoms with Crippen LogP contribution in [0.2, 0.25) is 0 Å². The van der Waals surface area contributed by atoms with Gasteiger partial charge in [-0.1, -0.05) is 85.8 Å². The van der Waals surface area contributed by atoms with Crippen molar-refractivity contribution in [2.45, 2.75) is 12.8 Å².